The van der Waals surface area contributed by atoms with Crippen molar-refractivity contribution in [2.75, 3.05) is 23.7 Å². The Balaban J connectivity index is 2.06. The second-order valence-electron chi connectivity index (χ2n) is 8.61. The third-order valence-electron chi connectivity index (χ3n) is 5.74. The number of sulfonamides is 1. The Labute approximate surface area is 238 Å². The average Bonchev–Trinajstić information content (AvgIpc) is 2.87. The maximum absolute atomic E-state index is 13.9. The lowest BCUT2D eigenvalue weighted by Gasteiger charge is -2.33. The quantitative estimate of drug-likeness (QED) is 0.330. The van der Waals surface area contributed by atoms with Crippen LogP contribution in [0.2, 0.25) is 15.1 Å². The van der Waals surface area contributed by atoms with Gasteiger partial charge in [0.1, 0.15) is 12.6 Å². The first-order valence-corrected chi connectivity index (χ1v) is 14.8. The van der Waals surface area contributed by atoms with Crippen LogP contribution in [0.1, 0.15) is 18.1 Å². The molecule has 0 radical (unpaired) electrons. The van der Waals surface area contributed by atoms with Gasteiger partial charge in [-0.05, 0) is 48.4 Å². The standard InChI is InChI=1S/C27H28Cl3N3O4S/c1-3-31-27(35)25(15-19-7-5-4-6-8-19)32(17-20-9-11-21(28)12-10-20)26(34)18-33(38(2,36)37)24-16-22(29)13-14-23(24)30/h4-14,16,25H,3,15,17-18H2,1-2H3,(H,31,35)/t25-/m0/s1. The number of anilines is 1. The van der Waals surface area contributed by atoms with Gasteiger partial charge in [0.2, 0.25) is 21.8 Å². The Hall–Kier alpha value is -2.78. The summed E-state index contributed by atoms with van der Waals surface area (Å²) in [5, 5.41) is 3.70. The van der Waals surface area contributed by atoms with E-state index >= 15 is 0 Å². The van der Waals surface area contributed by atoms with Crippen LogP contribution in [0.4, 0.5) is 5.69 Å². The maximum atomic E-state index is 13.9. The number of carbonyl (C=O) groups is 2. The molecule has 0 aromatic heterocycles. The van der Waals surface area contributed by atoms with Gasteiger partial charge in [0.25, 0.3) is 0 Å². The third-order valence-corrected chi connectivity index (χ3v) is 7.68. The SMILES string of the molecule is CCNC(=O)[C@H](Cc1ccccc1)N(Cc1ccc(Cl)cc1)C(=O)CN(c1cc(Cl)ccc1Cl)S(C)(=O)=O. The van der Waals surface area contributed by atoms with E-state index in [0.717, 1.165) is 21.7 Å². The molecule has 0 aliphatic carbocycles. The summed E-state index contributed by atoms with van der Waals surface area (Å²) >= 11 is 18.5. The van der Waals surface area contributed by atoms with Crippen LogP contribution in [-0.2, 0) is 32.6 Å². The van der Waals surface area contributed by atoms with E-state index in [4.69, 9.17) is 34.8 Å². The Bertz CT molecular complexity index is 1370. The van der Waals surface area contributed by atoms with E-state index in [-0.39, 0.29) is 34.6 Å². The zero-order chi connectivity index (χ0) is 27.9. The molecule has 2 amide bonds. The fraction of sp³-hybridized carbons (Fsp3) is 0.259. The van der Waals surface area contributed by atoms with Gasteiger partial charge in [-0.2, -0.15) is 0 Å². The van der Waals surface area contributed by atoms with E-state index < -0.39 is 28.5 Å². The molecule has 0 heterocycles. The number of amides is 2. The second kappa shape index (κ2) is 13.3. The highest BCUT2D eigenvalue weighted by molar-refractivity contribution is 7.92. The third kappa shape index (κ3) is 8.11. The molecule has 11 heteroatoms. The van der Waals surface area contributed by atoms with Crippen LogP contribution in [0.5, 0.6) is 0 Å². The minimum atomic E-state index is -3.95. The van der Waals surface area contributed by atoms with Crippen molar-refractivity contribution >= 4 is 62.3 Å². The van der Waals surface area contributed by atoms with Crippen molar-refractivity contribution in [3.05, 3.63) is 99.0 Å². The largest absolute Gasteiger partial charge is 0.355 e. The molecular weight excluding hydrogens is 569 g/mol. The van der Waals surface area contributed by atoms with Crippen molar-refractivity contribution in [2.24, 2.45) is 0 Å². The summed E-state index contributed by atoms with van der Waals surface area (Å²) in [5.74, 6) is -0.945. The van der Waals surface area contributed by atoms with Crippen LogP contribution in [0, 0.1) is 0 Å². The Morgan fingerprint density at radius 2 is 1.53 bits per heavy atom. The second-order valence-corrected chi connectivity index (χ2v) is 11.8. The predicted molar refractivity (Wildman–Crippen MR) is 153 cm³/mol. The van der Waals surface area contributed by atoms with E-state index in [9.17, 15) is 18.0 Å². The van der Waals surface area contributed by atoms with Gasteiger partial charge < -0.3 is 10.2 Å². The number of nitrogens with zero attached hydrogens (tertiary/aromatic N) is 2. The molecule has 3 aromatic carbocycles. The minimum Gasteiger partial charge on any atom is -0.355 e. The van der Waals surface area contributed by atoms with Crippen LogP contribution in [-0.4, -0.2) is 50.5 Å². The van der Waals surface area contributed by atoms with E-state index in [1.807, 2.05) is 30.3 Å². The number of hydrogen-bond acceptors (Lipinski definition) is 4. The lowest BCUT2D eigenvalue weighted by atomic mass is 10.0. The number of nitrogens with one attached hydrogen (secondary N) is 1. The van der Waals surface area contributed by atoms with Crippen molar-refractivity contribution in [3.8, 4) is 0 Å². The number of likely N-dealkylation sites (N-methyl/N-ethyl adjacent to an activating group) is 1. The minimum absolute atomic E-state index is 0.0471. The molecule has 3 rings (SSSR count). The fourth-order valence-corrected chi connectivity index (χ4v) is 5.32. The van der Waals surface area contributed by atoms with E-state index in [2.05, 4.69) is 5.32 Å². The molecule has 0 unspecified atom stereocenters. The van der Waals surface area contributed by atoms with Crippen molar-refractivity contribution in [1.29, 1.82) is 0 Å². The van der Waals surface area contributed by atoms with Gasteiger partial charge in [0.15, 0.2) is 0 Å². The van der Waals surface area contributed by atoms with Gasteiger partial charge in [0, 0.05) is 29.6 Å². The topological polar surface area (TPSA) is 86.8 Å². The first-order valence-electron chi connectivity index (χ1n) is 11.8. The summed E-state index contributed by atoms with van der Waals surface area (Å²) in [4.78, 5) is 28.6. The summed E-state index contributed by atoms with van der Waals surface area (Å²) < 4.78 is 26.5. The molecule has 0 saturated carbocycles. The van der Waals surface area contributed by atoms with Crippen LogP contribution in [0.3, 0.4) is 0 Å². The summed E-state index contributed by atoms with van der Waals surface area (Å²) in [6.07, 6.45) is 1.20. The number of benzene rings is 3. The Morgan fingerprint density at radius 3 is 2.13 bits per heavy atom. The van der Waals surface area contributed by atoms with Crippen LogP contribution in [0.15, 0.2) is 72.8 Å². The van der Waals surface area contributed by atoms with Crippen molar-refractivity contribution in [1.82, 2.24) is 10.2 Å². The highest BCUT2D eigenvalue weighted by Gasteiger charge is 2.33. The molecule has 1 atom stereocenters. The average molecular weight is 597 g/mol. The molecule has 0 aliphatic heterocycles. The van der Waals surface area contributed by atoms with Gasteiger partial charge in [-0.25, -0.2) is 8.42 Å². The normalized spacial score (nSPS) is 12.0. The molecule has 1 N–H and O–H groups in total. The molecule has 38 heavy (non-hydrogen) atoms. The van der Waals surface area contributed by atoms with Crippen LogP contribution < -0.4 is 9.62 Å². The number of halogens is 3. The van der Waals surface area contributed by atoms with Gasteiger partial charge >= 0.3 is 0 Å². The number of carbonyl (C=O) groups excluding carboxylic acids is 2. The summed E-state index contributed by atoms with van der Waals surface area (Å²) in [6, 6.07) is 19.6. The first-order chi connectivity index (χ1) is 18.0. The van der Waals surface area contributed by atoms with E-state index in [1.54, 1.807) is 31.2 Å². The smallest absolute Gasteiger partial charge is 0.244 e. The zero-order valence-corrected chi connectivity index (χ0v) is 24.0. The molecule has 7 nitrogen and oxygen atoms in total. The Morgan fingerprint density at radius 1 is 0.895 bits per heavy atom. The highest BCUT2D eigenvalue weighted by atomic mass is 35.5. The van der Waals surface area contributed by atoms with Gasteiger partial charge in [-0.3, -0.25) is 13.9 Å². The monoisotopic (exact) mass is 595 g/mol. The zero-order valence-electron chi connectivity index (χ0n) is 20.9. The first kappa shape index (κ1) is 29.8. The highest BCUT2D eigenvalue weighted by Crippen LogP contribution is 2.31. The van der Waals surface area contributed by atoms with E-state index in [1.165, 1.54) is 23.1 Å². The molecule has 0 fully saturated rings. The molecule has 0 spiro atoms. The maximum Gasteiger partial charge on any atom is 0.244 e. The summed E-state index contributed by atoms with van der Waals surface area (Å²) in [5.41, 5.74) is 1.63. The summed E-state index contributed by atoms with van der Waals surface area (Å²) in [7, 11) is -3.95. The molecule has 0 bridgehead atoms. The lowest BCUT2D eigenvalue weighted by Crippen LogP contribution is -2.53. The molecule has 0 saturated heterocycles. The summed E-state index contributed by atoms with van der Waals surface area (Å²) in [6.45, 7) is 1.61. The molecule has 0 aliphatic rings. The van der Waals surface area contributed by atoms with Crippen LogP contribution in [0.25, 0.3) is 0 Å². The van der Waals surface area contributed by atoms with Crippen molar-refractivity contribution in [2.45, 2.75) is 25.9 Å². The number of rotatable bonds is 11. The van der Waals surface area contributed by atoms with Gasteiger partial charge in [-0.1, -0.05) is 77.3 Å². The lowest BCUT2D eigenvalue weighted by molar-refractivity contribution is -0.140. The van der Waals surface area contributed by atoms with E-state index in [0.29, 0.717) is 11.6 Å². The molecular formula is C27H28Cl3N3O4S. The fourth-order valence-electron chi connectivity index (χ4n) is 3.90. The molecule has 3 aromatic rings. The Kier molecular flexibility index (Phi) is 10.4. The van der Waals surface area contributed by atoms with Crippen molar-refractivity contribution < 1.29 is 18.0 Å². The van der Waals surface area contributed by atoms with Crippen LogP contribution >= 0.6 is 34.8 Å². The van der Waals surface area contributed by atoms with Gasteiger partial charge in [-0.15, -0.1) is 0 Å². The molecule has 202 valence electrons. The number of hydrogen-bond donors (Lipinski definition) is 1. The van der Waals surface area contributed by atoms with Gasteiger partial charge in [0.05, 0.1) is 17.0 Å². The predicted octanol–water partition coefficient (Wildman–Crippen LogP) is 5.19. The van der Waals surface area contributed by atoms with Crippen molar-refractivity contribution in [3.63, 3.8) is 0 Å².